The molecule has 1 rings (SSSR count). The zero-order valence-corrected chi connectivity index (χ0v) is 9.60. The highest BCUT2D eigenvalue weighted by Gasteiger charge is 1.94. The molecule has 1 N–H and O–H groups in total. The van der Waals surface area contributed by atoms with E-state index in [1.807, 2.05) is 24.3 Å². The summed E-state index contributed by atoms with van der Waals surface area (Å²) in [5.41, 5.74) is 1.20. The zero-order valence-electron chi connectivity index (χ0n) is 7.21. The fourth-order valence-corrected chi connectivity index (χ4v) is 1.47. The Hall–Kier alpha value is -0.180. The zero-order chi connectivity index (χ0) is 8.97. The lowest BCUT2D eigenvalue weighted by atomic mass is 10.2. The molecule has 1 aromatic carbocycles. The Kier molecular flexibility index (Phi) is 6.21. The van der Waals surface area contributed by atoms with Crippen molar-refractivity contribution in [1.82, 2.24) is 0 Å². The molecule has 0 amide bonds. The van der Waals surface area contributed by atoms with Crippen molar-refractivity contribution < 1.29 is 0 Å². The van der Waals surface area contributed by atoms with Crippen molar-refractivity contribution in [2.75, 3.05) is 0 Å². The summed E-state index contributed by atoms with van der Waals surface area (Å²) in [5, 5.41) is 8.63. The topological polar surface area (TPSA) is 23.9 Å². The molecule has 0 bridgehead atoms. The highest BCUT2D eigenvalue weighted by molar-refractivity contribution is 8.13. The fourth-order valence-electron chi connectivity index (χ4n) is 0.772. The molecule has 4 heteroatoms. The summed E-state index contributed by atoms with van der Waals surface area (Å²) in [6.07, 6.45) is 0. The summed E-state index contributed by atoms with van der Waals surface area (Å²) in [6.45, 7) is 1.79. The monoisotopic (exact) mass is 235 g/mol. The normalized spacial score (nSPS) is 9.08. The standard InChI is InChI=1S/C9H10ClNS.ClH/c1-7(11)12-6-8-2-4-9(10)5-3-8;/h2-5,11H,6H2,1H3;1H. The van der Waals surface area contributed by atoms with Crippen LogP contribution in [-0.2, 0) is 5.75 Å². The van der Waals surface area contributed by atoms with E-state index in [0.717, 1.165) is 10.8 Å². The molecule has 1 nitrogen and oxygen atoms in total. The van der Waals surface area contributed by atoms with Gasteiger partial charge in [-0.15, -0.1) is 24.2 Å². The maximum atomic E-state index is 7.22. The number of thioether (sulfide) groups is 1. The van der Waals surface area contributed by atoms with Crippen molar-refractivity contribution in [2.45, 2.75) is 12.7 Å². The first-order valence-corrected chi connectivity index (χ1v) is 4.97. The van der Waals surface area contributed by atoms with Gasteiger partial charge >= 0.3 is 0 Å². The van der Waals surface area contributed by atoms with Crippen LogP contribution in [-0.4, -0.2) is 5.04 Å². The number of nitrogens with one attached hydrogen (secondary N) is 1. The third kappa shape index (κ3) is 5.19. The molecule has 1 aromatic rings. The van der Waals surface area contributed by atoms with E-state index in [-0.39, 0.29) is 12.4 Å². The van der Waals surface area contributed by atoms with Crippen molar-refractivity contribution in [3.8, 4) is 0 Å². The summed E-state index contributed by atoms with van der Waals surface area (Å²) >= 11 is 7.26. The van der Waals surface area contributed by atoms with Crippen molar-refractivity contribution in [3.05, 3.63) is 34.9 Å². The van der Waals surface area contributed by atoms with Crippen LogP contribution in [0, 0.1) is 5.41 Å². The Bertz CT molecular complexity index is 271. The van der Waals surface area contributed by atoms with Crippen molar-refractivity contribution >= 4 is 40.8 Å². The van der Waals surface area contributed by atoms with E-state index < -0.39 is 0 Å². The molecule has 0 aliphatic carbocycles. The molecule has 0 unspecified atom stereocenters. The SMILES string of the molecule is CC(=N)SCc1ccc(Cl)cc1.Cl. The van der Waals surface area contributed by atoms with Gasteiger partial charge in [-0.25, -0.2) is 0 Å². The molecule has 0 aliphatic heterocycles. The van der Waals surface area contributed by atoms with Crippen LogP contribution in [0.4, 0.5) is 0 Å². The second-order valence-corrected chi connectivity index (χ2v) is 4.10. The molecule has 0 atom stereocenters. The summed E-state index contributed by atoms with van der Waals surface area (Å²) in [5.74, 6) is 0.854. The molecule has 0 fully saturated rings. The summed E-state index contributed by atoms with van der Waals surface area (Å²) in [4.78, 5) is 0. The van der Waals surface area contributed by atoms with Gasteiger partial charge in [0.1, 0.15) is 0 Å². The molecule has 0 aliphatic rings. The number of hydrogen-bond donors (Lipinski definition) is 1. The number of hydrogen-bond acceptors (Lipinski definition) is 2. The molecule has 13 heavy (non-hydrogen) atoms. The summed E-state index contributed by atoms with van der Waals surface area (Å²) < 4.78 is 0. The van der Waals surface area contributed by atoms with Crippen molar-refractivity contribution in [1.29, 1.82) is 5.41 Å². The van der Waals surface area contributed by atoms with E-state index in [0.29, 0.717) is 5.04 Å². The van der Waals surface area contributed by atoms with Gasteiger partial charge in [-0.1, -0.05) is 23.7 Å². The van der Waals surface area contributed by atoms with Crippen LogP contribution in [0.15, 0.2) is 24.3 Å². The molecule has 0 saturated heterocycles. The molecular formula is C9H11Cl2NS. The van der Waals surface area contributed by atoms with E-state index in [9.17, 15) is 0 Å². The van der Waals surface area contributed by atoms with Crippen LogP contribution in [0.25, 0.3) is 0 Å². The van der Waals surface area contributed by atoms with Crippen LogP contribution >= 0.6 is 35.8 Å². The van der Waals surface area contributed by atoms with Crippen LogP contribution in [0.5, 0.6) is 0 Å². The lowest BCUT2D eigenvalue weighted by molar-refractivity contribution is 1.42. The minimum atomic E-state index is 0. The average Bonchev–Trinajstić information content (AvgIpc) is 2.03. The third-order valence-corrected chi connectivity index (χ3v) is 2.53. The smallest absolute Gasteiger partial charge is 0.0613 e. The Morgan fingerprint density at radius 1 is 1.38 bits per heavy atom. The van der Waals surface area contributed by atoms with Gasteiger partial charge in [0, 0.05) is 10.8 Å². The Morgan fingerprint density at radius 3 is 2.38 bits per heavy atom. The van der Waals surface area contributed by atoms with Gasteiger partial charge < -0.3 is 0 Å². The maximum absolute atomic E-state index is 7.22. The van der Waals surface area contributed by atoms with E-state index in [1.54, 1.807) is 6.92 Å². The van der Waals surface area contributed by atoms with E-state index in [4.69, 9.17) is 17.0 Å². The van der Waals surface area contributed by atoms with Crippen LogP contribution in [0.3, 0.4) is 0 Å². The van der Waals surface area contributed by atoms with E-state index >= 15 is 0 Å². The largest absolute Gasteiger partial charge is 0.299 e. The highest BCUT2D eigenvalue weighted by atomic mass is 35.5. The molecule has 72 valence electrons. The number of benzene rings is 1. The molecule has 0 saturated carbocycles. The Labute approximate surface area is 93.8 Å². The van der Waals surface area contributed by atoms with Gasteiger partial charge in [0.25, 0.3) is 0 Å². The molecule has 0 spiro atoms. The van der Waals surface area contributed by atoms with Crippen LogP contribution in [0.2, 0.25) is 5.02 Å². The van der Waals surface area contributed by atoms with Crippen molar-refractivity contribution in [3.63, 3.8) is 0 Å². The first-order valence-electron chi connectivity index (χ1n) is 3.61. The highest BCUT2D eigenvalue weighted by Crippen LogP contribution is 2.15. The first kappa shape index (κ1) is 12.8. The minimum Gasteiger partial charge on any atom is -0.299 e. The maximum Gasteiger partial charge on any atom is 0.0613 e. The number of rotatable bonds is 2. The van der Waals surface area contributed by atoms with E-state index in [1.165, 1.54) is 17.3 Å². The summed E-state index contributed by atoms with van der Waals surface area (Å²) in [6, 6.07) is 7.71. The van der Waals surface area contributed by atoms with Gasteiger partial charge in [0.15, 0.2) is 0 Å². The molecule has 0 radical (unpaired) electrons. The number of halogens is 2. The van der Waals surface area contributed by atoms with Gasteiger partial charge in [-0.05, 0) is 24.6 Å². The predicted octanol–water partition coefficient (Wildman–Crippen LogP) is 3.99. The summed E-state index contributed by atoms with van der Waals surface area (Å²) in [7, 11) is 0. The quantitative estimate of drug-likeness (QED) is 0.609. The van der Waals surface area contributed by atoms with E-state index in [2.05, 4.69) is 0 Å². The Balaban J connectivity index is 0.00000144. The van der Waals surface area contributed by atoms with Crippen LogP contribution < -0.4 is 0 Å². The van der Waals surface area contributed by atoms with Gasteiger partial charge in [-0.3, -0.25) is 5.41 Å². The molecular weight excluding hydrogens is 225 g/mol. The molecule has 0 heterocycles. The fraction of sp³-hybridized carbons (Fsp3) is 0.222. The lowest BCUT2D eigenvalue weighted by Crippen LogP contribution is -1.83. The third-order valence-electron chi connectivity index (χ3n) is 1.37. The van der Waals surface area contributed by atoms with Gasteiger partial charge in [-0.2, -0.15) is 0 Å². The predicted molar refractivity (Wildman–Crippen MR) is 63.4 cm³/mol. The first-order chi connectivity index (χ1) is 5.68. The minimum absolute atomic E-state index is 0. The van der Waals surface area contributed by atoms with Crippen molar-refractivity contribution in [2.24, 2.45) is 0 Å². The Morgan fingerprint density at radius 2 is 1.92 bits per heavy atom. The second-order valence-electron chi connectivity index (χ2n) is 2.47. The second kappa shape index (κ2) is 6.30. The van der Waals surface area contributed by atoms with Gasteiger partial charge in [0.2, 0.25) is 0 Å². The van der Waals surface area contributed by atoms with Gasteiger partial charge in [0.05, 0.1) is 5.04 Å². The molecule has 0 aromatic heterocycles. The average molecular weight is 236 g/mol. The lowest BCUT2D eigenvalue weighted by Gasteiger charge is -1.99. The van der Waals surface area contributed by atoms with Crippen LogP contribution in [0.1, 0.15) is 12.5 Å².